The zero-order chi connectivity index (χ0) is 23.7. The standard InChI is InChI=1S/C28H36FN3O2/c1-30(2)23-13-14-31(18-23)27-11-8-22(17-26(27)29)32-15-12-21-16-24(9-10-25(21)28(32)33)34-19-20-6-4-3-5-7-20/h8-11,16-17,20,23H,3-7,12-15,18-19H2,1-2H3/p+1. The van der Waals surface area contributed by atoms with E-state index < -0.39 is 0 Å². The summed E-state index contributed by atoms with van der Waals surface area (Å²) in [6, 6.07) is 11.6. The fourth-order valence-electron chi connectivity index (χ4n) is 5.80. The Morgan fingerprint density at radius 1 is 1.09 bits per heavy atom. The van der Waals surface area contributed by atoms with Gasteiger partial charge in [-0.25, -0.2) is 14.1 Å². The summed E-state index contributed by atoms with van der Waals surface area (Å²) in [7, 11) is 4.14. The van der Waals surface area contributed by atoms with Gasteiger partial charge in [-0.3, -0.25) is 0 Å². The van der Waals surface area contributed by atoms with Crippen molar-refractivity contribution in [3.05, 3.63) is 53.3 Å². The first-order chi connectivity index (χ1) is 16.5. The lowest BCUT2D eigenvalue weighted by atomic mass is 9.90. The summed E-state index contributed by atoms with van der Waals surface area (Å²) in [5.41, 5.74) is 3.11. The van der Waals surface area contributed by atoms with Crippen LogP contribution in [0.5, 0.6) is 5.75 Å². The number of likely N-dealkylation sites (N-methyl/N-ethyl adjacent to an activating group) is 1. The molecule has 0 bridgehead atoms. The number of carbonyl (C=O) groups excluding carboxylic acids is 1. The number of hydrogen-bond acceptors (Lipinski definition) is 4. The number of nitrogens with zero attached hydrogens (tertiary/aromatic N) is 2. The van der Waals surface area contributed by atoms with Crippen LogP contribution in [0, 0.1) is 11.7 Å². The molecule has 5 rings (SSSR count). The van der Waals surface area contributed by atoms with E-state index in [2.05, 4.69) is 23.9 Å². The van der Waals surface area contributed by atoms with Gasteiger partial charge in [0.2, 0.25) is 0 Å². The predicted octanol–water partition coefficient (Wildman–Crippen LogP) is 3.84. The highest BCUT2D eigenvalue weighted by Gasteiger charge is 2.33. The van der Waals surface area contributed by atoms with Crippen LogP contribution in [-0.4, -0.2) is 57.2 Å². The van der Waals surface area contributed by atoms with E-state index >= 15 is 4.39 Å². The molecule has 2 aromatic carbocycles. The van der Waals surface area contributed by atoms with Crippen LogP contribution in [0.4, 0.5) is 15.8 Å². The second kappa shape index (κ2) is 10.0. The molecule has 2 aliphatic heterocycles. The van der Waals surface area contributed by atoms with Gasteiger partial charge in [0.1, 0.15) is 11.4 Å². The number of ether oxygens (including phenoxy) is 1. The lowest BCUT2D eigenvalue weighted by molar-refractivity contribution is -0.743. The minimum absolute atomic E-state index is 0.0149. The van der Waals surface area contributed by atoms with Crippen molar-refractivity contribution in [2.75, 3.05) is 45.2 Å². The van der Waals surface area contributed by atoms with E-state index in [1.54, 1.807) is 6.07 Å². The van der Waals surface area contributed by atoms with E-state index in [-0.39, 0.29) is 11.7 Å². The third-order valence-corrected chi connectivity index (χ3v) is 7.98. The zero-order valence-corrected chi connectivity index (χ0v) is 20.5. The van der Waals surface area contributed by atoms with Crippen LogP contribution in [0.2, 0.25) is 0 Å². The first-order valence-electron chi connectivity index (χ1n) is 12.9. The van der Waals surface area contributed by atoms with Crippen LogP contribution in [-0.2, 0) is 6.42 Å². The Bertz CT molecular complexity index is 1030. The second-order valence-corrected chi connectivity index (χ2v) is 10.5. The number of amides is 1. The van der Waals surface area contributed by atoms with Crippen LogP contribution < -0.4 is 14.5 Å². The number of rotatable bonds is 6. The van der Waals surface area contributed by atoms with Crippen molar-refractivity contribution in [1.82, 2.24) is 4.90 Å². The number of nitrogens with one attached hydrogen (secondary N) is 1. The summed E-state index contributed by atoms with van der Waals surface area (Å²) < 4.78 is 21.2. The van der Waals surface area contributed by atoms with E-state index in [0.29, 0.717) is 34.8 Å². The van der Waals surface area contributed by atoms with E-state index in [1.165, 1.54) is 32.1 Å². The van der Waals surface area contributed by atoms with Gasteiger partial charge in [0, 0.05) is 37.7 Å². The van der Waals surface area contributed by atoms with Gasteiger partial charge in [-0.15, -0.1) is 0 Å². The first kappa shape index (κ1) is 23.3. The zero-order valence-electron chi connectivity index (χ0n) is 20.5. The number of halogens is 1. The van der Waals surface area contributed by atoms with Gasteiger partial charge in [-0.2, -0.15) is 0 Å². The maximum Gasteiger partial charge on any atom is 0.349 e. The summed E-state index contributed by atoms with van der Waals surface area (Å²) in [5, 5.41) is 0. The second-order valence-electron chi connectivity index (χ2n) is 10.5. The van der Waals surface area contributed by atoms with Crippen LogP contribution >= 0.6 is 0 Å². The van der Waals surface area contributed by atoms with E-state index in [9.17, 15) is 4.79 Å². The fourth-order valence-corrected chi connectivity index (χ4v) is 5.80. The number of fused-ring (bicyclic) bond motifs is 1. The van der Waals surface area contributed by atoms with Crippen molar-refractivity contribution < 1.29 is 18.8 Å². The monoisotopic (exact) mass is 466 g/mol. The smallest absolute Gasteiger partial charge is 0.349 e. The average molecular weight is 467 g/mol. The SMILES string of the molecule is CN(C)C1CCN(c2ccc([NH+]3CCc4cc(OCC5CCCCC5)ccc4C3=O)cc2F)C1. The molecule has 5 nitrogen and oxygen atoms in total. The molecule has 2 atom stereocenters. The molecule has 2 unspecified atom stereocenters. The number of anilines is 1. The molecule has 2 aromatic rings. The van der Waals surface area contributed by atoms with Gasteiger partial charge in [-0.1, -0.05) is 19.3 Å². The van der Waals surface area contributed by atoms with Gasteiger partial charge >= 0.3 is 5.91 Å². The van der Waals surface area contributed by atoms with Crippen molar-refractivity contribution in [1.29, 1.82) is 0 Å². The molecule has 182 valence electrons. The maximum atomic E-state index is 15.1. The molecule has 2 fully saturated rings. The molecule has 0 aromatic heterocycles. The molecule has 6 heteroatoms. The van der Waals surface area contributed by atoms with Crippen molar-refractivity contribution in [3.8, 4) is 5.75 Å². The van der Waals surface area contributed by atoms with Crippen molar-refractivity contribution in [3.63, 3.8) is 0 Å². The van der Waals surface area contributed by atoms with E-state index in [1.807, 2.05) is 30.3 Å². The van der Waals surface area contributed by atoms with Gasteiger partial charge < -0.3 is 14.5 Å². The lowest BCUT2D eigenvalue weighted by Crippen LogP contribution is -3.11. The van der Waals surface area contributed by atoms with Crippen LogP contribution in [0.1, 0.15) is 54.4 Å². The van der Waals surface area contributed by atoms with Crippen LogP contribution in [0.3, 0.4) is 0 Å². The molecule has 34 heavy (non-hydrogen) atoms. The lowest BCUT2D eigenvalue weighted by Gasteiger charge is -2.26. The summed E-state index contributed by atoms with van der Waals surface area (Å²) in [4.78, 5) is 18.3. The highest BCUT2D eigenvalue weighted by Crippen LogP contribution is 2.28. The third kappa shape index (κ3) is 4.84. The Balaban J connectivity index is 1.26. The molecular formula is C28H37FN3O2+. The number of quaternary nitrogens is 1. The normalized spacial score (nSPS) is 23.4. The molecular weight excluding hydrogens is 429 g/mol. The van der Waals surface area contributed by atoms with Crippen LogP contribution in [0.15, 0.2) is 36.4 Å². The Hall–Kier alpha value is -2.44. The van der Waals surface area contributed by atoms with Gasteiger partial charge in [0.25, 0.3) is 0 Å². The molecule has 1 N–H and O–H groups in total. The number of benzene rings is 2. The number of carbonyl (C=O) groups is 1. The van der Waals surface area contributed by atoms with Crippen molar-refractivity contribution in [2.24, 2.45) is 5.92 Å². The Morgan fingerprint density at radius 3 is 2.65 bits per heavy atom. The molecule has 3 aliphatic rings. The fraction of sp³-hybridized carbons (Fsp3) is 0.536. The van der Waals surface area contributed by atoms with Crippen molar-refractivity contribution >= 4 is 17.3 Å². The van der Waals surface area contributed by atoms with Crippen LogP contribution in [0.25, 0.3) is 0 Å². The first-order valence-corrected chi connectivity index (χ1v) is 12.9. The van der Waals surface area contributed by atoms with Gasteiger partial charge in [0.15, 0.2) is 5.82 Å². The molecule has 1 amide bonds. The maximum absolute atomic E-state index is 15.1. The Morgan fingerprint density at radius 2 is 1.91 bits per heavy atom. The summed E-state index contributed by atoms with van der Waals surface area (Å²) in [5.74, 6) is 1.28. The molecule has 0 spiro atoms. The minimum Gasteiger partial charge on any atom is -0.493 e. The predicted molar refractivity (Wildman–Crippen MR) is 133 cm³/mol. The molecule has 0 radical (unpaired) electrons. The summed E-state index contributed by atoms with van der Waals surface area (Å²) in [6.07, 6.45) is 8.28. The quantitative estimate of drug-likeness (QED) is 0.702. The van der Waals surface area contributed by atoms with Gasteiger partial charge in [-0.05, 0) is 69.1 Å². The third-order valence-electron chi connectivity index (χ3n) is 7.98. The Kier molecular flexibility index (Phi) is 6.89. The largest absolute Gasteiger partial charge is 0.493 e. The minimum atomic E-state index is -0.241. The van der Waals surface area contributed by atoms with Crippen molar-refractivity contribution in [2.45, 2.75) is 51.0 Å². The number of hydrogen-bond donors (Lipinski definition) is 1. The molecule has 1 aliphatic carbocycles. The highest BCUT2D eigenvalue weighted by atomic mass is 19.1. The summed E-state index contributed by atoms with van der Waals surface area (Å²) in [6.45, 7) is 3.08. The van der Waals surface area contributed by atoms with E-state index in [4.69, 9.17) is 4.74 Å². The molecule has 1 saturated heterocycles. The summed E-state index contributed by atoms with van der Waals surface area (Å²) >= 11 is 0. The topological polar surface area (TPSA) is 37.2 Å². The van der Waals surface area contributed by atoms with E-state index in [0.717, 1.165) is 49.4 Å². The Labute approximate surface area is 202 Å². The average Bonchev–Trinajstić information content (AvgIpc) is 3.34. The van der Waals surface area contributed by atoms with Gasteiger partial charge in [0.05, 0.1) is 24.4 Å². The molecule has 1 saturated carbocycles. The molecule has 2 heterocycles. The highest BCUT2D eigenvalue weighted by molar-refractivity contribution is 5.91.